The normalized spacial score (nSPS) is 11.5. The first-order chi connectivity index (χ1) is 60.6. The van der Waals surface area contributed by atoms with Gasteiger partial charge in [0.1, 0.15) is 45.7 Å². The molecule has 5 aromatic heterocycles. The highest BCUT2D eigenvalue weighted by molar-refractivity contribution is 7.90. The molecule has 9 N–H and O–H groups in total. The van der Waals surface area contributed by atoms with Crippen LogP contribution < -0.4 is 43.7 Å². The quantitative estimate of drug-likeness (QED) is 0.0173. The summed E-state index contributed by atoms with van der Waals surface area (Å²) in [6, 6.07) is 52.5. The molecule has 0 saturated heterocycles. The number of carbonyl (C=O) groups excluding carboxylic acids is 5. The summed E-state index contributed by atoms with van der Waals surface area (Å²) in [6.45, 7) is 15.6. The minimum Gasteiger partial charge on any atom is -0.497 e. The summed E-state index contributed by atoms with van der Waals surface area (Å²) in [5, 5.41) is 27.7. The highest BCUT2D eigenvalue weighted by Gasteiger charge is 2.29. The van der Waals surface area contributed by atoms with Crippen LogP contribution in [-0.4, -0.2) is 147 Å². The smallest absolute Gasteiger partial charge is 0.335 e. The molecule has 5 amide bonds. The summed E-state index contributed by atoms with van der Waals surface area (Å²) in [5.74, 6) is -2.89. The molecule has 662 valence electrons. The molecule has 14 aromatic rings. The summed E-state index contributed by atoms with van der Waals surface area (Å²) in [6.07, 6.45) is 3.12. The van der Waals surface area contributed by atoms with Crippen LogP contribution >= 0.6 is 34.8 Å². The maximum atomic E-state index is 13.3. The van der Waals surface area contributed by atoms with Crippen LogP contribution in [0.1, 0.15) is 143 Å². The molecule has 29 nitrogen and oxygen atoms in total. The average Bonchev–Trinajstić information content (AvgIpc) is 1.66. The molecule has 0 spiro atoms. The number of carboxylic acid groups (broad SMARTS) is 1. The molecule has 14 rings (SSSR count). The van der Waals surface area contributed by atoms with Crippen molar-refractivity contribution in [1.29, 1.82) is 0 Å². The highest BCUT2D eigenvalue weighted by Crippen LogP contribution is 2.33. The number of sulfonamides is 3. The van der Waals surface area contributed by atoms with Crippen LogP contribution in [0.3, 0.4) is 0 Å². The van der Waals surface area contributed by atoms with Gasteiger partial charge >= 0.3 is 5.97 Å². The first kappa shape index (κ1) is 93.2. The number of aromatic amines is 3. The van der Waals surface area contributed by atoms with Crippen LogP contribution in [0.15, 0.2) is 191 Å². The van der Waals surface area contributed by atoms with Crippen molar-refractivity contribution in [2.75, 3.05) is 51.5 Å². The van der Waals surface area contributed by atoms with Crippen LogP contribution in [0.4, 0.5) is 0 Å². The third kappa shape index (κ3) is 23.0. The van der Waals surface area contributed by atoms with Gasteiger partial charge in [-0.2, -0.15) is 0 Å². The number of amides is 5. The number of halogens is 3. The minimum absolute atomic E-state index is 0.0512. The molecule has 127 heavy (non-hydrogen) atoms. The minimum atomic E-state index is -4.31. The van der Waals surface area contributed by atoms with Gasteiger partial charge in [0.05, 0.1) is 60.3 Å². The Balaban J connectivity index is 0.000000174. The van der Waals surface area contributed by atoms with E-state index in [9.17, 15) is 54.0 Å². The van der Waals surface area contributed by atoms with Crippen molar-refractivity contribution in [3.05, 3.63) is 292 Å². The van der Waals surface area contributed by atoms with Crippen molar-refractivity contribution in [2.24, 2.45) is 0 Å². The number of nitrogens with one attached hydrogen (secondary N) is 8. The predicted molar refractivity (Wildman–Crippen MR) is 488 cm³/mol. The molecule has 9 aromatic carbocycles. The van der Waals surface area contributed by atoms with Crippen LogP contribution in [0.25, 0.3) is 49.4 Å². The predicted octanol–water partition coefficient (Wildman–Crippen LogP) is 16.1. The molecule has 0 bridgehead atoms. The summed E-state index contributed by atoms with van der Waals surface area (Å²) in [7, 11) is -10.9. The molecule has 0 aliphatic carbocycles. The second kappa shape index (κ2) is 41.0. The molecule has 35 heteroatoms. The Morgan fingerprint density at radius 1 is 0.449 bits per heavy atom. The Kier molecular flexibility index (Phi) is 30.1. The van der Waals surface area contributed by atoms with Gasteiger partial charge in [0.25, 0.3) is 39.6 Å². The van der Waals surface area contributed by atoms with Crippen molar-refractivity contribution < 1.29 is 82.5 Å². The molecule has 0 radical (unpaired) electrons. The molecule has 0 saturated carbocycles. The van der Waals surface area contributed by atoms with Gasteiger partial charge < -0.3 is 54.1 Å². The van der Waals surface area contributed by atoms with E-state index in [1.54, 1.807) is 63.4 Å². The fourth-order valence-electron chi connectivity index (χ4n) is 14.4. The zero-order chi connectivity index (χ0) is 91.2. The Morgan fingerprint density at radius 2 is 0.835 bits per heavy atom. The largest absolute Gasteiger partial charge is 0.497 e. The third-order valence-corrected chi connectivity index (χ3v) is 26.4. The number of aryl methyl sites for hydroxylation is 10. The fraction of sp³-hybridized carbons (Fsp3) is 0.239. The van der Waals surface area contributed by atoms with E-state index in [0.717, 1.165) is 66.5 Å². The van der Waals surface area contributed by atoms with Crippen LogP contribution in [0, 0.1) is 55.4 Å². The number of benzene rings is 9. The van der Waals surface area contributed by atoms with Gasteiger partial charge in [-0.05, 0) is 247 Å². The number of carbonyl (C=O) groups is 6. The van der Waals surface area contributed by atoms with Crippen molar-refractivity contribution in [2.45, 2.75) is 98.8 Å². The molecule has 0 unspecified atom stereocenters. The number of nitrogens with zero attached hydrogens (tertiary/aromatic N) is 3. The van der Waals surface area contributed by atoms with Crippen molar-refractivity contribution >= 4 is 144 Å². The Bertz CT molecular complexity index is 6810. The van der Waals surface area contributed by atoms with E-state index < -0.39 is 77.1 Å². The van der Waals surface area contributed by atoms with E-state index in [0.29, 0.717) is 147 Å². The van der Waals surface area contributed by atoms with Gasteiger partial charge in [-0.25, -0.2) is 48.9 Å². The lowest BCUT2D eigenvalue weighted by atomic mass is 10.1. The summed E-state index contributed by atoms with van der Waals surface area (Å²) >= 11 is 18.7. The molecule has 0 atom stereocenters. The molecular formula is C92H92Cl3N11O18S3. The van der Waals surface area contributed by atoms with Crippen molar-refractivity contribution in [3.8, 4) is 28.7 Å². The molecule has 5 heterocycles. The van der Waals surface area contributed by atoms with E-state index >= 15 is 0 Å². The van der Waals surface area contributed by atoms with Gasteiger partial charge in [-0.1, -0.05) is 119 Å². The number of para-hydroxylation sites is 4. The number of hydrogen-bond acceptors (Lipinski definition) is 19. The number of fused-ring (bicyclic) bond motifs is 4. The molecule has 0 aliphatic rings. The third-order valence-electron chi connectivity index (χ3n) is 20.8. The fourth-order valence-corrected chi connectivity index (χ4v) is 17.5. The second-order valence-electron chi connectivity index (χ2n) is 30.0. The Hall–Kier alpha value is -13.0. The van der Waals surface area contributed by atoms with Crippen LogP contribution in [-0.2, 0) is 49.3 Å². The highest BCUT2D eigenvalue weighted by atomic mass is 35.5. The number of ether oxygens (including phenoxy) is 4. The monoisotopic (exact) mass is 1840 g/mol. The standard InChI is InChI=1S/C33H35ClN6O6S.C32H32ClN3O6S.C27H25ClN2O6S/c1-20-18-25(19-21(2)29(20)34)46-16-7-9-27-26-8-5-6-10-28(26)36-31(27)33(42)38-47(43,44)17-15-35-32(41)30-22(3)40(39-37-30)23-11-13-24(45-4)14-12-23;1-19-17-22(18-20(2)28(19)33)41-15-8-11-25-24-10-4-6-12-26(24)35-29(25)31(37)36-43(39,40)16-14-34-32(38)30-21(3)23-9-5-7-13-27(23)42-30;1-16-13-19(14-17(2)24(16)28)36-12-6-10-22-21-9-3-4-11-23(21)29-25(22)26(31)30-37(34,35)20-8-5-7-18(15-20)27(32)33/h5-6,8,10-14,18-19,36H,7,9,15-17H2,1-4H3,(H,35,41)(H,38,42);4-7,9-10,12-13,17-18,35H,8,11,14-16H2,1-3H3,(H,34,38)(H,36,37);3-5,7-9,11,13-15,29H,6,10,12H2,1-2H3,(H,30,31)(H,32,33). The number of aromatic nitrogens is 6. The lowest BCUT2D eigenvalue weighted by Gasteiger charge is -2.11. The zero-order valence-electron chi connectivity index (χ0n) is 70.6. The number of H-pyrrole nitrogens is 3. The van der Waals surface area contributed by atoms with Gasteiger partial charge in [0.2, 0.25) is 20.0 Å². The average molecular weight is 1840 g/mol. The van der Waals surface area contributed by atoms with Crippen LogP contribution in [0.5, 0.6) is 23.0 Å². The topological polar surface area (TPSA) is 413 Å². The second-order valence-corrected chi connectivity index (χ2v) is 36.5. The Labute approximate surface area is 747 Å². The van der Waals surface area contributed by atoms with E-state index in [-0.39, 0.29) is 52.1 Å². The van der Waals surface area contributed by atoms with Crippen molar-refractivity contribution in [1.82, 2.24) is 54.7 Å². The van der Waals surface area contributed by atoms with E-state index in [4.69, 9.17) is 63.3 Å². The maximum absolute atomic E-state index is 13.3. The zero-order valence-corrected chi connectivity index (χ0v) is 75.3. The molecular weight excluding hydrogens is 1750 g/mol. The number of methoxy groups -OCH3 is 1. The van der Waals surface area contributed by atoms with E-state index in [2.05, 4.69) is 50.1 Å². The van der Waals surface area contributed by atoms with Gasteiger partial charge in [-0.15, -0.1) is 5.10 Å². The lowest BCUT2D eigenvalue weighted by Crippen LogP contribution is -2.38. The van der Waals surface area contributed by atoms with Gasteiger partial charge in [0, 0.05) is 71.8 Å². The number of aromatic carboxylic acids is 1. The van der Waals surface area contributed by atoms with E-state index in [1.165, 1.54) is 22.9 Å². The van der Waals surface area contributed by atoms with Crippen LogP contribution in [0.2, 0.25) is 15.1 Å². The van der Waals surface area contributed by atoms with Gasteiger partial charge in [0.15, 0.2) is 11.5 Å². The Morgan fingerprint density at radius 3 is 1.24 bits per heavy atom. The SMILES string of the molecule is COc1ccc(-n2nnc(C(=O)NCCS(=O)(=O)NC(=O)c3[nH]c4ccccc4c3CCCOc3cc(C)c(Cl)c(C)c3)c2C)cc1.Cc1cc(OCCCc2c(C(=O)NS(=O)(=O)CCNC(=O)c3oc4ccccc4c3C)[nH]c3ccccc23)cc(C)c1Cl.Cc1cc(OCCCc2c(C(=O)NS(=O)(=O)c3cccc(C(=O)O)c3)[nH]c3ccccc23)cc(C)c1Cl. The number of rotatable bonds is 33. The number of furan rings is 1. The number of hydrogen-bond donors (Lipinski definition) is 9. The first-order valence-electron chi connectivity index (χ1n) is 40.2. The van der Waals surface area contributed by atoms with Crippen molar-refractivity contribution in [3.63, 3.8) is 0 Å². The summed E-state index contributed by atoms with van der Waals surface area (Å²) in [5.41, 5.74) is 12.4. The maximum Gasteiger partial charge on any atom is 0.335 e. The van der Waals surface area contributed by atoms with E-state index in [1.807, 2.05) is 157 Å². The molecule has 0 fully saturated rings. The lowest BCUT2D eigenvalue weighted by molar-refractivity contribution is 0.0695. The first-order valence-corrected chi connectivity index (χ1v) is 46.1. The molecule has 0 aliphatic heterocycles. The summed E-state index contributed by atoms with van der Waals surface area (Å²) < 4.78 is 113. The van der Waals surface area contributed by atoms with Gasteiger partial charge in [-0.3, -0.25) is 24.0 Å². The summed E-state index contributed by atoms with van der Waals surface area (Å²) in [4.78, 5) is 85.1. The number of carboxylic acids is 1.